The number of carbonyl (C=O) groups is 1. The molecule has 0 radical (unpaired) electrons. The minimum Gasteiger partial charge on any atom is -0.481 e. The first kappa shape index (κ1) is 11.8. The van der Waals surface area contributed by atoms with Crippen LogP contribution in [0.4, 0.5) is 0 Å². The van der Waals surface area contributed by atoms with Crippen molar-refractivity contribution in [2.75, 3.05) is 0 Å². The summed E-state index contributed by atoms with van der Waals surface area (Å²) in [5.41, 5.74) is 2.61. The second kappa shape index (κ2) is 5.54. The van der Waals surface area contributed by atoms with Crippen molar-refractivity contribution < 1.29 is 9.90 Å². The zero-order valence-electron chi connectivity index (χ0n) is 9.36. The molecule has 2 heteroatoms. The van der Waals surface area contributed by atoms with Gasteiger partial charge in [0.15, 0.2) is 0 Å². The van der Waals surface area contributed by atoms with Gasteiger partial charge < -0.3 is 5.11 Å². The van der Waals surface area contributed by atoms with E-state index in [1.54, 1.807) is 6.92 Å². The van der Waals surface area contributed by atoms with Gasteiger partial charge in [0, 0.05) is 0 Å². The fraction of sp³-hybridized carbons (Fsp3) is 0.462. The van der Waals surface area contributed by atoms with Crippen molar-refractivity contribution in [3.8, 4) is 0 Å². The molecule has 0 aliphatic rings. The highest BCUT2D eigenvalue weighted by Gasteiger charge is 2.11. The Labute approximate surface area is 90.9 Å². The summed E-state index contributed by atoms with van der Waals surface area (Å²) in [7, 11) is 0. The number of rotatable bonds is 5. The van der Waals surface area contributed by atoms with Crippen molar-refractivity contribution in [2.45, 2.75) is 33.1 Å². The molecule has 0 amide bonds. The van der Waals surface area contributed by atoms with Gasteiger partial charge in [-0.05, 0) is 30.4 Å². The maximum absolute atomic E-state index is 10.7. The van der Waals surface area contributed by atoms with Gasteiger partial charge >= 0.3 is 5.97 Å². The van der Waals surface area contributed by atoms with Gasteiger partial charge in [0.2, 0.25) is 0 Å². The number of benzene rings is 1. The normalized spacial score (nSPS) is 12.4. The van der Waals surface area contributed by atoms with Crippen LogP contribution in [0.3, 0.4) is 0 Å². The van der Waals surface area contributed by atoms with Crippen molar-refractivity contribution in [3.63, 3.8) is 0 Å². The van der Waals surface area contributed by atoms with E-state index in [2.05, 4.69) is 19.1 Å². The molecule has 0 spiro atoms. The average Bonchev–Trinajstić information content (AvgIpc) is 2.26. The van der Waals surface area contributed by atoms with Crippen LogP contribution in [0.15, 0.2) is 24.3 Å². The molecule has 0 saturated carbocycles. The summed E-state index contributed by atoms with van der Waals surface area (Å²) in [6.45, 7) is 3.89. The molecule has 1 aromatic rings. The number of hydrogen-bond acceptors (Lipinski definition) is 1. The largest absolute Gasteiger partial charge is 0.481 e. The number of carboxylic acids is 1. The average molecular weight is 206 g/mol. The molecule has 1 atom stereocenters. The molecule has 2 nitrogen and oxygen atoms in total. The van der Waals surface area contributed by atoms with Gasteiger partial charge in [-0.25, -0.2) is 0 Å². The van der Waals surface area contributed by atoms with E-state index in [9.17, 15) is 4.79 Å². The van der Waals surface area contributed by atoms with Crippen LogP contribution in [0, 0.1) is 5.92 Å². The molecular weight excluding hydrogens is 188 g/mol. The zero-order valence-corrected chi connectivity index (χ0v) is 9.36. The summed E-state index contributed by atoms with van der Waals surface area (Å²) in [5, 5.41) is 8.79. The Morgan fingerprint density at radius 2 is 1.93 bits per heavy atom. The Kier molecular flexibility index (Phi) is 4.35. The van der Waals surface area contributed by atoms with E-state index >= 15 is 0 Å². The summed E-state index contributed by atoms with van der Waals surface area (Å²) in [5.74, 6) is -0.959. The highest BCUT2D eigenvalue weighted by Crippen LogP contribution is 2.14. The topological polar surface area (TPSA) is 37.3 Å². The number of aryl methyl sites for hydroxylation is 2. The summed E-state index contributed by atoms with van der Waals surface area (Å²) in [6, 6.07) is 8.25. The molecule has 0 aliphatic carbocycles. The van der Waals surface area contributed by atoms with Gasteiger partial charge in [0.05, 0.1) is 5.92 Å². The van der Waals surface area contributed by atoms with Gasteiger partial charge in [-0.1, -0.05) is 38.1 Å². The van der Waals surface area contributed by atoms with Gasteiger partial charge in [0.1, 0.15) is 0 Å². The van der Waals surface area contributed by atoms with Gasteiger partial charge in [-0.3, -0.25) is 4.79 Å². The number of aliphatic carboxylic acids is 1. The Balaban J connectivity index is 2.60. The van der Waals surface area contributed by atoms with E-state index < -0.39 is 5.97 Å². The third-order valence-electron chi connectivity index (χ3n) is 2.77. The molecule has 15 heavy (non-hydrogen) atoms. The molecule has 1 unspecified atom stereocenters. The predicted molar refractivity (Wildman–Crippen MR) is 60.9 cm³/mol. The van der Waals surface area contributed by atoms with Gasteiger partial charge in [-0.2, -0.15) is 0 Å². The number of carboxylic acid groups (broad SMARTS) is 1. The van der Waals surface area contributed by atoms with Crippen LogP contribution in [0.2, 0.25) is 0 Å². The summed E-state index contributed by atoms with van der Waals surface area (Å²) in [4.78, 5) is 10.7. The van der Waals surface area contributed by atoms with E-state index in [1.807, 2.05) is 12.1 Å². The lowest BCUT2D eigenvalue weighted by Gasteiger charge is -2.09. The monoisotopic (exact) mass is 206 g/mol. The molecule has 1 aromatic carbocycles. The van der Waals surface area contributed by atoms with Crippen LogP contribution in [-0.4, -0.2) is 11.1 Å². The second-order valence-corrected chi connectivity index (χ2v) is 3.90. The zero-order chi connectivity index (χ0) is 11.3. The second-order valence-electron chi connectivity index (χ2n) is 3.90. The smallest absolute Gasteiger partial charge is 0.306 e. The molecule has 82 valence electrons. The molecule has 1 rings (SSSR count). The number of hydrogen-bond donors (Lipinski definition) is 1. The fourth-order valence-corrected chi connectivity index (χ4v) is 1.64. The van der Waals surface area contributed by atoms with Crippen LogP contribution in [0.1, 0.15) is 31.4 Å². The van der Waals surface area contributed by atoms with Crippen molar-refractivity contribution in [1.82, 2.24) is 0 Å². The van der Waals surface area contributed by atoms with Gasteiger partial charge in [0.25, 0.3) is 0 Å². The fourth-order valence-electron chi connectivity index (χ4n) is 1.64. The maximum atomic E-state index is 10.7. The van der Waals surface area contributed by atoms with Crippen LogP contribution in [-0.2, 0) is 17.6 Å². The van der Waals surface area contributed by atoms with Crippen molar-refractivity contribution in [1.29, 1.82) is 0 Å². The Hall–Kier alpha value is -1.31. The summed E-state index contributed by atoms with van der Waals surface area (Å²) >= 11 is 0. The SMILES string of the molecule is CCc1ccccc1CCC(C)C(=O)O. The maximum Gasteiger partial charge on any atom is 0.306 e. The highest BCUT2D eigenvalue weighted by atomic mass is 16.4. The summed E-state index contributed by atoms with van der Waals surface area (Å²) < 4.78 is 0. The molecule has 0 aromatic heterocycles. The van der Waals surface area contributed by atoms with Crippen LogP contribution in [0.25, 0.3) is 0 Å². The van der Waals surface area contributed by atoms with E-state index in [-0.39, 0.29) is 5.92 Å². The first-order chi connectivity index (χ1) is 7.15. The third-order valence-corrected chi connectivity index (χ3v) is 2.77. The lowest BCUT2D eigenvalue weighted by molar-refractivity contribution is -0.141. The minimum absolute atomic E-state index is 0.255. The first-order valence-corrected chi connectivity index (χ1v) is 5.44. The molecule has 0 bridgehead atoms. The molecule has 0 heterocycles. The quantitative estimate of drug-likeness (QED) is 0.804. The van der Waals surface area contributed by atoms with E-state index in [0.29, 0.717) is 6.42 Å². The van der Waals surface area contributed by atoms with Crippen molar-refractivity contribution in [3.05, 3.63) is 35.4 Å². The van der Waals surface area contributed by atoms with Crippen LogP contribution in [0.5, 0.6) is 0 Å². The molecule has 0 saturated heterocycles. The Morgan fingerprint density at radius 1 is 1.33 bits per heavy atom. The van der Waals surface area contributed by atoms with E-state index in [4.69, 9.17) is 5.11 Å². The van der Waals surface area contributed by atoms with Crippen molar-refractivity contribution in [2.24, 2.45) is 5.92 Å². The van der Waals surface area contributed by atoms with Crippen molar-refractivity contribution >= 4 is 5.97 Å². The Bertz CT molecular complexity index is 331. The highest BCUT2D eigenvalue weighted by molar-refractivity contribution is 5.69. The predicted octanol–water partition coefficient (Wildman–Crippen LogP) is 2.90. The first-order valence-electron chi connectivity index (χ1n) is 5.44. The molecular formula is C13H18O2. The lowest BCUT2D eigenvalue weighted by Crippen LogP contribution is -2.10. The molecule has 1 N–H and O–H groups in total. The molecule has 0 fully saturated rings. The summed E-state index contributed by atoms with van der Waals surface area (Å²) in [6.07, 6.45) is 2.58. The van der Waals surface area contributed by atoms with Crippen LogP contribution >= 0.6 is 0 Å². The van der Waals surface area contributed by atoms with E-state index in [0.717, 1.165) is 12.8 Å². The standard InChI is InChI=1S/C13H18O2/c1-3-11-6-4-5-7-12(11)9-8-10(2)13(14)15/h4-7,10H,3,8-9H2,1-2H3,(H,14,15). The van der Waals surface area contributed by atoms with Crippen LogP contribution < -0.4 is 0 Å². The van der Waals surface area contributed by atoms with Gasteiger partial charge in [-0.15, -0.1) is 0 Å². The van der Waals surface area contributed by atoms with E-state index in [1.165, 1.54) is 11.1 Å². The Morgan fingerprint density at radius 3 is 2.47 bits per heavy atom. The minimum atomic E-state index is -0.705. The lowest BCUT2D eigenvalue weighted by atomic mass is 9.96. The third kappa shape index (κ3) is 3.39. The molecule has 0 aliphatic heterocycles.